The van der Waals surface area contributed by atoms with Gasteiger partial charge in [-0.05, 0) is 36.5 Å². The van der Waals surface area contributed by atoms with E-state index in [2.05, 4.69) is 11.9 Å². The van der Waals surface area contributed by atoms with E-state index in [-0.39, 0.29) is 12.2 Å². The van der Waals surface area contributed by atoms with Crippen molar-refractivity contribution in [2.75, 3.05) is 0 Å². The molecule has 2 N–H and O–H groups in total. The average molecular weight is 497 g/mol. The lowest BCUT2D eigenvalue weighted by Crippen LogP contribution is -2.60. The lowest BCUT2D eigenvalue weighted by atomic mass is 9.55. The number of hydrogen-bond donors (Lipinski definition) is 2. The number of carboxylic acid groups (broad SMARTS) is 2. The maximum absolute atomic E-state index is 13.2. The molecule has 0 radical (unpaired) electrons. The van der Waals surface area contributed by atoms with E-state index in [1.807, 2.05) is 62.4 Å². The Bertz CT molecular complexity index is 1150. The maximum atomic E-state index is 13.2. The Kier molecular flexibility index (Phi) is 8.39. The van der Waals surface area contributed by atoms with Gasteiger partial charge >= 0.3 is 11.9 Å². The van der Waals surface area contributed by atoms with E-state index in [0.29, 0.717) is 35.7 Å². The number of unbranched alkanes of at least 4 members (excludes halogenated alkanes) is 1. The topological polar surface area (TPSA) is 92.4 Å². The van der Waals surface area contributed by atoms with Crippen LogP contribution in [0.5, 0.6) is 0 Å². The number of benzene rings is 2. The Morgan fingerprint density at radius 1 is 0.943 bits per heavy atom. The Balaban J connectivity index is 2.39. The number of aryl methyl sites for hydroxylation is 1. The molecule has 0 aliphatic rings. The van der Waals surface area contributed by atoms with Crippen LogP contribution >= 0.6 is 11.6 Å². The van der Waals surface area contributed by atoms with E-state index >= 15 is 0 Å². The molecular weight excluding hydrogens is 464 g/mol. The molecule has 0 unspecified atom stereocenters. The molecule has 3 rings (SSSR count). The number of aromatic nitrogens is 2. The zero-order chi connectivity index (χ0) is 25.6. The lowest BCUT2D eigenvalue weighted by molar-refractivity contribution is -0.163. The highest BCUT2D eigenvalue weighted by Gasteiger charge is 2.64. The molecule has 6 nitrogen and oxygen atoms in total. The third kappa shape index (κ3) is 4.47. The molecule has 0 fully saturated rings. The van der Waals surface area contributed by atoms with Crippen LogP contribution in [0.4, 0.5) is 0 Å². The van der Waals surface area contributed by atoms with Crippen LogP contribution in [0.3, 0.4) is 0 Å². The number of imidazole rings is 1. The van der Waals surface area contributed by atoms with Gasteiger partial charge in [0.25, 0.3) is 0 Å². The molecule has 1 aromatic heterocycles. The van der Waals surface area contributed by atoms with Crippen LogP contribution in [0.2, 0.25) is 5.02 Å². The zero-order valence-electron chi connectivity index (χ0n) is 20.5. The van der Waals surface area contributed by atoms with Crippen molar-refractivity contribution >= 4 is 23.5 Å². The quantitative estimate of drug-likeness (QED) is 0.296. The van der Waals surface area contributed by atoms with Gasteiger partial charge in [-0.25, -0.2) is 4.98 Å². The van der Waals surface area contributed by atoms with Crippen molar-refractivity contribution in [1.29, 1.82) is 0 Å². The number of carbonyl (C=O) groups is 2. The minimum atomic E-state index is -2.27. The molecule has 7 heteroatoms. The van der Waals surface area contributed by atoms with Crippen molar-refractivity contribution in [3.8, 4) is 0 Å². The summed E-state index contributed by atoms with van der Waals surface area (Å²) in [5.41, 5.74) is -1.87. The van der Waals surface area contributed by atoms with Crippen molar-refractivity contribution < 1.29 is 19.8 Å². The summed E-state index contributed by atoms with van der Waals surface area (Å²) in [5.74, 6) is -2.15. The minimum absolute atomic E-state index is 0.163. The normalized spacial score (nSPS) is 12.0. The lowest BCUT2D eigenvalue weighted by Gasteiger charge is -2.45. The van der Waals surface area contributed by atoms with Gasteiger partial charge in [-0.2, -0.15) is 0 Å². The molecule has 3 aromatic rings. The van der Waals surface area contributed by atoms with Gasteiger partial charge in [-0.3, -0.25) is 9.59 Å². The first-order valence-electron chi connectivity index (χ1n) is 12.1. The molecule has 186 valence electrons. The Morgan fingerprint density at radius 2 is 1.54 bits per heavy atom. The summed E-state index contributed by atoms with van der Waals surface area (Å²) in [7, 11) is 0. The van der Waals surface area contributed by atoms with Gasteiger partial charge < -0.3 is 14.8 Å². The standard InChI is InChI=1S/C28H33ClN2O4/c1-4-7-17-24-30-18-23(31(24)19-20-13-11-12-16-22(20)29)28(25(32)33,26(34)35)27(5-2,6-3)21-14-9-8-10-15-21/h8-16,18H,4-7,17,19H2,1-3H3,(H,32,33)(H,34,35). The smallest absolute Gasteiger partial charge is 0.328 e. The summed E-state index contributed by atoms with van der Waals surface area (Å²) >= 11 is 6.46. The van der Waals surface area contributed by atoms with Gasteiger partial charge in [-0.1, -0.05) is 87.3 Å². The first-order valence-corrected chi connectivity index (χ1v) is 12.5. The van der Waals surface area contributed by atoms with Crippen molar-refractivity contribution in [1.82, 2.24) is 9.55 Å². The predicted molar refractivity (Wildman–Crippen MR) is 137 cm³/mol. The Labute approximate surface area is 211 Å². The second-order valence-corrected chi connectivity index (χ2v) is 9.26. The molecule has 35 heavy (non-hydrogen) atoms. The number of hydrogen-bond acceptors (Lipinski definition) is 3. The fourth-order valence-corrected chi connectivity index (χ4v) is 5.54. The average Bonchev–Trinajstić information content (AvgIpc) is 3.24. The minimum Gasteiger partial charge on any atom is -0.480 e. The monoisotopic (exact) mass is 496 g/mol. The summed E-state index contributed by atoms with van der Waals surface area (Å²) in [4.78, 5) is 31.1. The fourth-order valence-electron chi connectivity index (χ4n) is 5.35. The Hall–Kier alpha value is -3.12. The highest BCUT2D eigenvalue weighted by Crippen LogP contribution is 2.50. The summed E-state index contributed by atoms with van der Waals surface area (Å²) in [5, 5.41) is 22.1. The summed E-state index contributed by atoms with van der Waals surface area (Å²) < 4.78 is 1.77. The molecule has 0 atom stereocenters. The molecule has 0 saturated carbocycles. The van der Waals surface area contributed by atoms with Crippen LogP contribution in [0, 0.1) is 0 Å². The SMILES string of the molecule is CCCCc1ncc(C(C(=O)O)(C(=O)O)C(CC)(CC)c2ccccc2)n1Cc1ccccc1Cl. The molecule has 0 spiro atoms. The van der Waals surface area contributed by atoms with E-state index < -0.39 is 22.8 Å². The molecular formula is C28H33ClN2O4. The third-order valence-electron chi connectivity index (χ3n) is 7.26. The van der Waals surface area contributed by atoms with Gasteiger partial charge in [0.15, 0.2) is 0 Å². The van der Waals surface area contributed by atoms with Crippen molar-refractivity contribution in [2.24, 2.45) is 0 Å². The van der Waals surface area contributed by atoms with Crippen LogP contribution < -0.4 is 0 Å². The summed E-state index contributed by atoms with van der Waals surface area (Å²) in [6.45, 7) is 6.00. The first kappa shape index (κ1) is 26.5. The van der Waals surface area contributed by atoms with E-state index in [0.717, 1.165) is 18.4 Å². The number of carboxylic acids is 2. The molecule has 0 aliphatic heterocycles. The second-order valence-electron chi connectivity index (χ2n) is 8.86. The molecule has 0 amide bonds. The van der Waals surface area contributed by atoms with Crippen LogP contribution in [0.15, 0.2) is 60.8 Å². The van der Waals surface area contributed by atoms with Crippen LogP contribution in [-0.4, -0.2) is 31.7 Å². The van der Waals surface area contributed by atoms with Crippen LogP contribution in [0.25, 0.3) is 0 Å². The van der Waals surface area contributed by atoms with Gasteiger partial charge in [0, 0.05) is 16.9 Å². The number of halogens is 1. The Morgan fingerprint density at radius 3 is 2.09 bits per heavy atom. The van der Waals surface area contributed by atoms with Gasteiger partial charge in [0.2, 0.25) is 5.41 Å². The van der Waals surface area contributed by atoms with E-state index in [1.165, 1.54) is 6.20 Å². The van der Waals surface area contributed by atoms with Crippen LogP contribution in [0.1, 0.15) is 69.1 Å². The summed E-state index contributed by atoms with van der Waals surface area (Å²) in [6.07, 6.45) is 4.45. The van der Waals surface area contributed by atoms with Crippen LogP contribution in [-0.2, 0) is 33.4 Å². The highest BCUT2D eigenvalue weighted by atomic mass is 35.5. The van der Waals surface area contributed by atoms with E-state index in [9.17, 15) is 19.8 Å². The number of rotatable bonds is 12. The predicted octanol–water partition coefficient (Wildman–Crippen LogP) is 6.09. The van der Waals surface area contributed by atoms with E-state index in [4.69, 9.17) is 11.6 Å². The van der Waals surface area contributed by atoms with E-state index in [1.54, 1.807) is 10.6 Å². The van der Waals surface area contributed by atoms with Gasteiger partial charge in [-0.15, -0.1) is 0 Å². The zero-order valence-corrected chi connectivity index (χ0v) is 21.3. The number of aliphatic carboxylic acids is 2. The van der Waals surface area contributed by atoms with Crippen molar-refractivity contribution in [3.05, 3.63) is 88.5 Å². The molecule has 2 aromatic carbocycles. The molecule has 1 heterocycles. The maximum Gasteiger partial charge on any atom is 0.328 e. The fraction of sp³-hybridized carbons (Fsp3) is 0.393. The van der Waals surface area contributed by atoms with Crippen molar-refractivity contribution in [2.45, 2.75) is 70.3 Å². The third-order valence-corrected chi connectivity index (χ3v) is 7.62. The molecule has 0 aliphatic carbocycles. The summed E-state index contributed by atoms with van der Waals surface area (Å²) in [6, 6.07) is 16.4. The van der Waals surface area contributed by atoms with Crippen molar-refractivity contribution in [3.63, 3.8) is 0 Å². The van der Waals surface area contributed by atoms with Gasteiger partial charge in [0.05, 0.1) is 18.4 Å². The largest absolute Gasteiger partial charge is 0.480 e. The molecule has 0 saturated heterocycles. The number of nitrogens with zero attached hydrogens (tertiary/aromatic N) is 2. The highest BCUT2D eigenvalue weighted by molar-refractivity contribution is 6.31. The first-order chi connectivity index (χ1) is 16.8. The molecule has 0 bridgehead atoms. The second kappa shape index (κ2) is 11.1. The van der Waals surface area contributed by atoms with Gasteiger partial charge in [0.1, 0.15) is 5.82 Å².